The number of nitrogens with zero attached hydrogens (tertiary/aromatic N) is 3. The zero-order valence-electron chi connectivity index (χ0n) is 22.2. The second-order valence-corrected chi connectivity index (χ2v) is 10.2. The van der Waals surface area contributed by atoms with E-state index in [9.17, 15) is 23.5 Å². The van der Waals surface area contributed by atoms with Gasteiger partial charge in [0, 0.05) is 35.9 Å². The highest BCUT2D eigenvalue weighted by Gasteiger charge is 2.33. The highest BCUT2D eigenvalue weighted by atomic mass is 35.5. The van der Waals surface area contributed by atoms with E-state index in [4.69, 9.17) is 16.3 Å². The monoisotopic (exact) mass is 605 g/mol. The molecular weight excluding hydrogens is 579 g/mol. The van der Waals surface area contributed by atoms with E-state index in [1.807, 2.05) is 0 Å². The van der Waals surface area contributed by atoms with E-state index in [-0.39, 0.29) is 45.7 Å². The fourth-order valence-corrected chi connectivity index (χ4v) is 5.10. The van der Waals surface area contributed by atoms with Gasteiger partial charge >= 0.3 is 6.61 Å². The number of amides is 2. The van der Waals surface area contributed by atoms with Crippen LogP contribution < -0.4 is 15.4 Å². The number of aliphatic hydroxyl groups excluding tert-OH is 1. The molecule has 2 amide bonds. The summed E-state index contributed by atoms with van der Waals surface area (Å²) in [6.45, 7) is -2.92. The number of aromatic nitrogens is 2. The predicted octanol–water partition coefficient (Wildman–Crippen LogP) is 3.93. The van der Waals surface area contributed by atoms with Gasteiger partial charge in [0.1, 0.15) is 18.1 Å². The third kappa shape index (κ3) is 6.75. The van der Waals surface area contributed by atoms with Gasteiger partial charge in [-0.15, -0.1) is 0 Å². The molecule has 3 aromatic rings. The lowest BCUT2D eigenvalue weighted by atomic mass is 10.0. The Morgan fingerprint density at radius 3 is 2.76 bits per heavy atom. The van der Waals surface area contributed by atoms with Crippen LogP contribution in [0.15, 0.2) is 42.6 Å². The van der Waals surface area contributed by atoms with Crippen LogP contribution >= 0.6 is 11.6 Å². The number of hydrogen-bond acceptors (Lipinski definition) is 8. The lowest BCUT2D eigenvalue weighted by Gasteiger charge is -2.23. The fourth-order valence-electron chi connectivity index (χ4n) is 4.90. The van der Waals surface area contributed by atoms with Gasteiger partial charge in [-0.3, -0.25) is 9.59 Å². The smallest absolute Gasteiger partial charge is 0.387 e. The minimum Gasteiger partial charge on any atom is -0.435 e. The van der Waals surface area contributed by atoms with Crippen LogP contribution in [0.5, 0.6) is 5.75 Å². The molecule has 3 heterocycles. The Balaban J connectivity index is 1.29. The summed E-state index contributed by atoms with van der Waals surface area (Å²) in [7, 11) is 0. The van der Waals surface area contributed by atoms with Crippen LogP contribution in [0, 0.1) is 5.82 Å². The van der Waals surface area contributed by atoms with E-state index < -0.39 is 43.4 Å². The quantitative estimate of drug-likeness (QED) is 0.317. The number of halogens is 4. The number of rotatable bonds is 10. The van der Waals surface area contributed by atoms with E-state index >= 15 is 4.39 Å². The van der Waals surface area contributed by atoms with Crippen LogP contribution in [0.4, 0.5) is 19.1 Å². The molecule has 1 fully saturated rings. The fraction of sp³-hybridized carbons (Fsp3) is 0.357. The predicted molar refractivity (Wildman–Crippen MR) is 146 cm³/mol. The molecule has 42 heavy (non-hydrogen) atoms. The maximum atomic E-state index is 15.2. The van der Waals surface area contributed by atoms with Crippen molar-refractivity contribution < 1.29 is 37.3 Å². The van der Waals surface area contributed by atoms with Crippen molar-refractivity contribution in [2.45, 2.75) is 38.1 Å². The van der Waals surface area contributed by atoms with Gasteiger partial charge in [0.25, 0.3) is 5.91 Å². The highest BCUT2D eigenvalue weighted by molar-refractivity contribution is 6.33. The third-order valence-corrected chi connectivity index (χ3v) is 7.25. The Morgan fingerprint density at radius 1 is 1.24 bits per heavy atom. The summed E-state index contributed by atoms with van der Waals surface area (Å²) >= 11 is 6.35. The second kappa shape index (κ2) is 12.9. The van der Waals surface area contributed by atoms with Crippen molar-refractivity contribution in [3.8, 4) is 17.0 Å². The molecule has 1 atom stereocenters. The maximum Gasteiger partial charge on any atom is 0.387 e. The van der Waals surface area contributed by atoms with Gasteiger partial charge < -0.3 is 30.1 Å². The molecule has 2 aliphatic heterocycles. The average molecular weight is 606 g/mol. The van der Waals surface area contributed by atoms with E-state index in [0.717, 1.165) is 17.7 Å². The van der Waals surface area contributed by atoms with Gasteiger partial charge in [0.15, 0.2) is 0 Å². The van der Waals surface area contributed by atoms with Crippen LogP contribution in [0.2, 0.25) is 5.02 Å². The first-order valence-electron chi connectivity index (χ1n) is 13.2. The minimum atomic E-state index is -3.03. The Labute approximate surface area is 243 Å². The van der Waals surface area contributed by atoms with Gasteiger partial charge in [0.2, 0.25) is 11.9 Å². The third-order valence-electron chi connectivity index (χ3n) is 6.97. The summed E-state index contributed by atoms with van der Waals surface area (Å²) in [4.78, 5) is 35.9. The van der Waals surface area contributed by atoms with Crippen LogP contribution in [0.3, 0.4) is 0 Å². The summed E-state index contributed by atoms with van der Waals surface area (Å²) in [6, 6.07) is 7.43. The van der Waals surface area contributed by atoms with Gasteiger partial charge in [-0.1, -0.05) is 23.7 Å². The first-order chi connectivity index (χ1) is 20.2. The molecule has 1 aromatic heterocycles. The zero-order chi connectivity index (χ0) is 29.8. The number of anilines is 1. The van der Waals surface area contributed by atoms with Crippen molar-refractivity contribution in [1.82, 2.24) is 20.2 Å². The molecular formula is C28H27ClF3N5O5. The molecule has 0 aliphatic carbocycles. The van der Waals surface area contributed by atoms with Gasteiger partial charge in [-0.25, -0.2) is 14.4 Å². The zero-order valence-corrected chi connectivity index (χ0v) is 22.9. The first kappa shape index (κ1) is 29.5. The molecule has 0 bridgehead atoms. The van der Waals surface area contributed by atoms with E-state index in [1.54, 1.807) is 0 Å². The van der Waals surface area contributed by atoms with Crippen LogP contribution in [-0.2, 0) is 16.1 Å². The SMILES string of the molecule is O=C(CN1Cc2c(F)cc(-c3nc(NC4CCOCC4)ncc3Cl)cc2C1=O)N[C@H](CO)c1cccc(OC(F)F)c1. The highest BCUT2D eigenvalue weighted by Crippen LogP contribution is 2.33. The molecule has 0 unspecified atom stereocenters. The second-order valence-electron chi connectivity index (χ2n) is 9.82. The van der Waals surface area contributed by atoms with Crippen LogP contribution in [0.25, 0.3) is 11.3 Å². The molecule has 0 saturated carbocycles. The van der Waals surface area contributed by atoms with E-state index in [1.165, 1.54) is 42.6 Å². The molecule has 2 aromatic carbocycles. The lowest BCUT2D eigenvalue weighted by Crippen LogP contribution is -2.40. The molecule has 2 aliphatic rings. The molecule has 1 saturated heterocycles. The number of nitrogens with one attached hydrogen (secondary N) is 2. The molecule has 10 nitrogen and oxygen atoms in total. The van der Waals surface area contributed by atoms with Crippen molar-refractivity contribution in [2.24, 2.45) is 0 Å². The molecule has 0 radical (unpaired) electrons. The average Bonchev–Trinajstić information content (AvgIpc) is 3.28. The maximum absolute atomic E-state index is 15.2. The normalized spacial score (nSPS) is 16.0. The Bertz CT molecular complexity index is 1470. The largest absolute Gasteiger partial charge is 0.435 e. The summed E-state index contributed by atoms with van der Waals surface area (Å²) in [5.74, 6) is -1.69. The number of benzene rings is 2. The van der Waals surface area contributed by atoms with Crippen molar-refractivity contribution in [3.63, 3.8) is 0 Å². The number of carbonyl (C=O) groups excluding carboxylic acids is 2. The Kier molecular flexibility index (Phi) is 9.09. The van der Waals surface area contributed by atoms with Crippen LogP contribution in [-0.4, -0.2) is 70.8 Å². The Morgan fingerprint density at radius 2 is 2.02 bits per heavy atom. The molecule has 3 N–H and O–H groups in total. The number of alkyl halides is 2. The van der Waals surface area contributed by atoms with Crippen molar-refractivity contribution in [3.05, 3.63) is 70.1 Å². The number of aliphatic hydroxyl groups is 1. The standard InChI is InChI=1S/C28H27ClF3N5O5/c29-21-11-33-28(34-17-4-6-41-7-5-17)36-25(21)16-9-19-20(22(30)10-16)12-37(26(19)40)13-24(39)35-23(14-38)15-2-1-3-18(8-15)42-27(31)32/h1-3,8-11,17,23,27,38H,4-7,12-14H2,(H,35,39)(H,33,34,36)/t23-/m1/s1. The van der Waals surface area contributed by atoms with E-state index in [0.29, 0.717) is 24.7 Å². The Hall–Kier alpha value is -3.94. The van der Waals surface area contributed by atoms with Crippen molar-refractivity contribution in [1.29, 1.82) is 0 Å². The minimum absolute atomic E-state index is 0.0713. The summed E-state index contributed by atoms with van der Waals surface area (Å²) in [5, 5.41) is 15.8. The molecule has 14 heteroatoms. The number of hydrogen-bond donors (Lipinski definition) is 3. The van der Waals surface area contributed by atoms with Gasteiger partial charge in [-0.2, -0.15) is 8.78 Å². The van der Waals surface area contributed by atoms with E-state index in [2.05, 4.69) is 25.3 Å². The molecule has 0 spiro atoms. The lowest BCUT2D eigenvalue weighted by molar-refractivity contribution is -0.122. The van der Waals surface area contributed by atoms with Gasteiger partial charge in [-0.05, 0) is 42.7 Å². The molecule has 5 rings (SSSR count). The van der Waals surface area contributed by atoms with Gasteiger partial charge in [0.05, 0.1) is 36.1 Å². The summed E-state index contributed by atoms with van der Waals surface area (Å²) < 4.78 is 50.1. The number of fused-ring (bicyclic) bond motifs is 1. The number of carbonyl (C=O) groups is 2. The number of ether oxygens (including phenoxy) is 2. The topological polar surface area (TPSA) is 126 Å². The van der Waals surface area contributed by atoms with Crippen molar-refractivity contribution >= 4 is 29.4 Å². The van der Waals surface area contributed by atoms with Crippen molar-refractivity contribution in [2.75, 3.05) is 31.7 Å². The summed E-state index contributed by atoms with van der Waals surface area (Å²) in [5.41, 5.74) is 1.04. The first-order valence-corrected chi connectivity index (χ1v) is 13.5. The van der Waals surface area contributed by atoms with Crippen LogP contribution in [0.1, 0.15) is 40.4 Å². The summed E-state index contributed by atoms with van der Waals surface area (Å²) in [6.07, 6.45) is 2.97. The molecule has 222 valence electrons.